The van der Waals surface area contributed by atoms with Crippen molar-refractivity contribution in [2.45, 2.75) is 13.0 Å². The summed E-state index contributed by atoms with van der Waals surface area (Å²) >= 11 is 5.92. The zero-order valence-corrected chi connectivity index (χ0v) is 9.63. The van der Waals surface area contributed by atoms with Gasteiger partial charge in [0.2, 0.25) is 6.04 Å². The minimum atomic E-state index is -0.299. The number of hydrogen-bond acceptors (Lipinski definition) is 2. The van der Waals surface area contributed by atoms with Gasteiger partial charge in [-0.15, -0.1) is 0 Å². The van der Waals surface area contributed by atoms with Crippen molar-refractivity contribution >= 4 is 11.6 Å². The molecule has 0 bridgehead atoms. The minimum absolute atomic E-state index is 0.299. The van der Waals surface area contributed by atoms with Crippen LogP contribution in [-0.4, -0.2) is 14.2 Å². The van der Waals surface area contributed by atoms with Gasteiger partial charge in [0.15, 0.2) is 11.5 Å². The number of benzene rings is 1. The van der Waals surface area contributed by atoms with Crippen LogP contribution in [0.1, 0.15) is 18.5 Å². The summed E-state index contributed by atoms with van der Waals surface area (Å²) in [7, 11) is 3.09. The average molecular weight is 226 g/mol. The van der Waals surface area contributed by atoms with Crippen molar-refractivity contribution in [2.24, 2.45) is 0 Å². The van der Waals surface area contributed by atoms with Gasteiger partial charge >= 0.3 is 0 Å². The van der Waals surface area contributed by atoms with Crippen LogP contribution in [0.25, 0.3) is 4.85 Å². The van der Waals surface area contributed by atoms with Crippen molar-refractivity contribution in [2.75, 3.05) is 14.2 Å². The normalized spacial score (nSPS) is 11.7. The molecule has 0 amide bonds. The van der Waals surface area contributed by atoms with Crippen LogP contribution in [0.15, 0.2) is 12.1 Å². The lowest BCUT2D eigenvalue weighted by Crippen LogP contribution is -1.97. The second kappa shape index (κ2) is 4.90. The molecule has 1 aromatic rings. The lowest BCUT2D eigenvalue weighted by molar-refractivity contribution is 0.351. The Kier molecular flexibility index (Phi) is 3.81. The van der Waals surface area contributed by atoms with Crippen molar-refractivity contribution in [3.63, 3.8) is 0 Å². The lowest BCUT2D eigenvalue weighted by atomic mass is 10.1. The maximum atomic E-state index is 7.00. The predicted molar refractivity (Wildman–Crippen MR) is 59.6 cm³/mol. The molecule has 3 nitrogen and oxygen atoms in total. The maximum absolute atomic E-state index is 7.00. The van der Waals surface area contributed by atoms with Crippen LogP contribution in [-0.2, 0) is 0 Å². The Bertz CT molecular complexity index is 398. The Morgan fingerprint density at radius 3 is 2.47 bits per heavy atom. The van der Waals surface area contributed by atoms with Gasteiger partial charge in [-0.05, 0) is 6.07 Å². The van der Waals surface area contributed by atoms with Crippen LogP contribution in [0.4, 0.5) is 0 Å². The van der Waals surface area contributed by atoms with Gasteiger partial charge in [-0.3, -0.25) is 0 Å². The van der Waals surface area contributed by atoms with Crippen molar-refractivity contribution in [1.29, 1.82) is 0 Å². The van der Waals surface area contributed by atoms with Crippen molar-refractivity contribution in [1.82, 2.24) is 0 Å². The zero-order chi connectivity index (χ0) is 11.4. The number of rotatable bonds is 3. The van der Waals surface area contributed by atoms with E-state index in [0.29, 0.717) is 16.5 Å². The summed E-state index contributed by atoms with van der Waals surface area (Å²) in [6.45, 7) is 8.79. The van der Waals surface area contributed by atoms with Gasteiger partial charge in [0.1, 0.15) is 0 Å². The standard InChI is InChI=1S/C11H12ClNO2/c1-7(13-2)9-5-8(12)6-10(14-3)11(9)15-4/h5-7H,1,3-4H3. The summed E-state index contributed by atoms with van der Waals surface area (Å²) in [6.07, 6.45) is 0. The summed E-state index contributed by atoms with van der Waals surface area (Å²) in [5.41, 5.74) is 0.747. The number of methoxy groups -OCH3 is 2. The summed E-state index contributed by atoms with van der Waals surface area (Å²) in [4.78, 5) is 3.44. The molecule has 4 heteroatoms. The van der Waals surface area contributed by atoms with E-state index in [-0.39, 0.29) is 6.04 Å². The number of nitrogens with zero attached hydrogens (tertiary/aromatic N) is 1. The molecule has 1 atom stereocenters. The SMILES string of the molecule is [C-]#[N+]C(C)c1cc(Cl)cc(OC)c1OC. The van der Waals surface area contributed by atoms with Crippen LogP contribution < -0.4 is 9.47 Å². The molecule has 0 aliphatic carbocycles. The topological polar surface area (TPSA) is 22.8 Å². The molecular formula is C11H12ClNO2. The van der Waals surface area contributed by atoms with Crippen LogP contribution in [0.2, 0.25) is 5.02 Å². The number of ether oxygens (including phenoxy) is 2. The first kappa shape index (κ1) is 11.7. The molecule has 1 rings (SSSR count). The third-order valence-electron chi connectivity index (χ3n) is 2.12. The molecule has 0 saturated heterocycles. The molecule has 0 radical (unpaired) electrons. The van der Waals surface area contributed by atoms with Gasteiger partial charge < -0.3 is 14.3 Å². The third kappa shape index (κ3) is 2.34. The maximum Gasteiger partial charge on any atom is 0.249 e. The van der Waals surface area contributed by atoms with E-state index >= 15 is 0 Å². The molecule has 0 aliphatic heterocycles. The Hall–Kier alpha value is -1.40. The Morgan fingerprint density at radius 2 is 2.00 bits per heavy atom. The van der Waals surface area contributed by atoms with Gasteiger partial charge in [-0.2, -0.15) is 0 Å². The summed E-state index contributed by atoms with van der Waals surface area (Å²) in [5.74, 6) is 1.13. The van der Waals surface area contributed by atoms with Crippen molar-refractivity contribution in [3.05, 3.63) is 34.1 Å². The monoisotopic (exact) mass is 225 g/mol. The molecule has 0 N–H and O–H groups in total. The van der Waals surface area contributed by atoms with E-state index in [1.165, 1.54) is 0 Å². The Balaban J connectivity index is 3.36. The third-order valence-corrected chi connectivity index (χ3v) is 2.33. The van der Waals surface area contributed by atoms with Gasteiger partial charge in [0.05, 0.1) is 19.8 Å². The van der Waals surface area contributed by atoms with Crippen molar-refractivity contribution < 1.29 is 9.47 Å². The van der Waals surface area contributed by atoms with E-state index < -0.39 is 0 Å². The van der Waals surface area contributed by atoms with E-state index in [2.05, 4.69) is 4.85 Å². The minimum Gasteiger partial charge on any atom is -0.493 e. The second-order valence-electron chi connectivity index (χ2n) is 3.04. The van der Waals surface area contributed by atoms with Gasteiger partial charge in [-0.1, -0.05) is 11.6 Å². The summed E-state index contributed by atoms with van der Waals surface area (Å²) < 4.78 is 10.4. The quantitative estimate of drug-likeness (QED) is 0.737. The largest absolute Gasteiger partial charge is 0.493 e. The fourth-order valence-corrected chi connectivity index (χ4v) is 1.56. The van der Waals surface area contributed by atoms with Gasteiger partial charge in [0, 0.05) is 18.0 Å². The van der Waals surface area contributed by atoms with Gasteiger partial charge in [0.25, 0.3) is 0 Å². The molecular weight excluding hydrogens is 214 g/mol. The van der Waals surface area contributed by atoms with Crippen LogP contribution in [0.5, 0.6) is 11.5 Å². The summed E-state index contributed by atoms with van der Waals surface area (Å²) in [6, 6.07) is 3.10. The lowest BCUT2D eigenvalue weighted by Gasteiger charge is -2.12. The van der Waals surface area contributed by atoms with E-state index in [0.717, 1.165) is 5.56 Å². The highest BCUT2D eigenvalue weighted by Crippen LogP contribution is 2.38. The molecule has 0 spiro atoms. The predicted octanol–water partition coefficient (Wildman–Crippen LogP) is 3.34. The van der Waals surface area contributed by atoms with Crippen LogP contribution >= 0.6 is 11.6 Å². The Morgan fingerprint density at radius 1 is 1.33 bits per heavy atom. The first-order valence-electron chi connectivity index (χ1n) is 4.42. The van der Waals surface area contributed by atoms with E-state index in [9.17, 15) is 0 Å². The molecule has 0 fully saturated rings. The zero-order valence-electron chi connectivity index (χ0n) is 8.87. The number of hydrogen-bond donors (Lipinski definition) is 0. The second-order valence-corrected chi connectivity index (χ2v) is 3.47. The first-order chi connectivity index (χ1) is 7.13. The molecule has 1 aromatic carbocycles. The van der Waals surface area contributed by atoms with Gasteiger partial charge in [-0.25, -0.2) is 6.57 Å². The molecule has 15 heavy (non-hydrogen) atoms. The number of halogens is 1. The Labute approximate surface area is 94.4 Å². The van der Waals surface area contributed by atoms with Crippen LogP contribution in [0.3, 0.4) is 0 Å². The van der Waals surface area contributed by atoms with Crippen molar-refractivity contribution in [3.8, 4) is 11.5 Å². The molecule has 80 valence electrons. The molecule has 0 saturated carbocycles. The first-order valence-corrected chi connectivity index (χ1v) is 4.79. The van der Waals surface area contributed by atoms with E-state index in [1.807, 2.05) is 0 Å². The summed E-state index contributed by atoms with van der Waals surface area (Å²) in [5, 5.41) is 0.540. The van der Waals surface area contributed by atoms with Crippen LogP contribution in [0, 0.1) is 6.57 Å². The highest BCUT2D eigenvalue weighted by Gasteiger charge is 2.19. The fraction of sp³-hybridized carbons (Fsp3) is 0.364. The van der Waals surface area contributed by atoms with E-state index in [1.54, 1.807) is 33.3 Å². The molecule has 0 aliphatic rings. The smallest absolute Gasteiger partial charge is 0.249 e. The highest BCUT2D eigenvalue weighted by atomic mass is 35.5. The molecule has 0 heterocycles. The highest BCUT2D eigenvalue weighted by molar-refractivity contribution is 6.30. The fourth-order valence-electron chi connectivity index (χ4n) is 1.34. The average Bonchev–Trinajstić information content (AvgIpc) is 2.26. The molecule has 1 unspecified atom stereocenters. The van der Waals surface area contributed by atoms with E-state index in [4.69, 9.17) is 27.6 Å². The molecule has 0 aromatic heterocycles.